The van der Waals surface area contributed by atoms with Crippen molar-refractivity contribution in [1.29, 1.82) is 0 Å². The van der Waals surface area contributed by atoms with Crippen LogP contribution in [0.2, 0.25) is 0 Å². The molecule has 27 heavy (non-hydrogen) atoms. The van der Waals surface area contributed by atoms with Crippen molar-refractivity contribution in [3.63, 3.8) is 0 Å². The fraction of sp³-hybridized carbons (Fsp3) is 0.920. The Labute approximate surface area is 167 Å². The Balaban J connectivity index is 1.95. The number of ether oxygens (including phenoxy) is 1. The van der Waals surface area contributed by atoms with Crippen molar-refractivity contribution in [1.82, 2.24) is 0 Å². The molecule has 3 aliphatic carbocycles. The number of hydrogen-bond donors (Lipinski definition) is 1. The van der Waals surface area contributed by atoms with Crippen molar-refractivity contribution in [2.75, 3.05) is 6.61 Å². The molecular weight excluding hydrogens is 332 g/mol. The second-order valence-corrected chi connectivity index (χ2v) is 12.1. The van der Waals surface area contributed by atoms with Crippen molar-refractivity contribution in [2.45, 2.75) is 93.3 Å². The second kappa shape index (κ2) is 5.63. The zero-order valence-electron chi connectivity index (χ0n) is 19.1. The molecule has 1 saturated heterocycles. The third-order valence-corrected chi connectivity index (χ3v) is 10.5. The number of hydrogen-bond acceptors (Lipinski definition) is 2. The lowest BCUT2D eigenvalue weighted by atomic mass is 9.39. The lowest BCUT2D eigenvalue weighted by molar-refractivity contribution is -0.300. The first-order chi connectivity index (χ1) is 12.3. The van der Waals surface area contributed by atoms with Crippen molar-refractivity contribution < 1.29 is 9.84 Å². The van der Waals surface area contributed by atoms with E-state index in [2.05, 4.69) is 62.3 Å². The molecule has 0 amide bonds. The van der Waals surface area contributed by atoms with Crippen LogP contribution < -0.4 is 0 Å². The molecule has 4 aliphatic rings. The minimum Gasteiger partial charge on any atom is -0.389 e. The molecule has 9 atom stereocenters. The van der Waals surface area contributed by atoms with Crippen molar-refractivity contribution in [3.05, 3.63) is 11.1 Å². The predicted molar refractivity (Wildman–Crippen MR) is 111 cm³/mol. The lowest BCUT2D eigenvalue weighted by Crippen LogP contribution is -2.70. The van der Waals surface area contributed by atoms with E-state index in [0.717, 1.165) is 13.0 Å². The summed E-state index contributed by atoms with van der Waals surface area (Å²) in [5.41, 5.74) is 2.75. The zero-order valence-corrected chi connectivity index (χ0v) is 19.1. The van der Waals surface area contributed by atoms with Crippen molar-refractivity contribution >= 4 is 0 Å². The molecular formula is C25H42O2. The molecule has 2 heteroatoms. The van der Waals surface area contributed by atoms with E-state index < -0.39 is 5.60 Å². The maximum Gasteiger partial charge on any atom is 0.0769 e. The Hall–Kier alpha value is -0.340. The Morgan fingerprint density at radius 3 is 2.11 bits per heavy atom. The molecule has 3 fully saturated rings. The van der Waals surface area contributed by atoms with Crippen LogP contribution in [0.5, 0.6) is 0 Å². The molecule has 0 aromatic rings. The van der Waals surface area contributed by atoms with Crippen molar-refractivity contribution in [2.24, 2.45) is 45.8 Å². The maximum atomic E-state index is 12.4. The first kappa shape index (κ1) is 20.0. The minimum absolute atomic E-state index is 0.166. The van der Waals surface area contributed by atoms with Gasteiger partial charge in [-0.05, 0) is 61.2 Å². The molecule has 4 unspecified atom stereocenters. The summed E-state index contributed by atoms with van der Waals surface area (Å²) in [7, 11) is 0. The smallest absolute Gasteiger partial charge is 0.0769 e. The Kier molecular flexibility index (Phi) is 4.16. The summed E-state index contributed by atoms with van der Waals surface area (Å²) in [5, 5.41) is 12.4. The van der Waals surface area contributed by atoms with Crippen LogP contribution >= 0.6 is 0 Å². The predicted octanol–water partition coefficient (Wildman–Crippen LogP) is 5.84. The van der Waals surface area contributed by atoms with Gasteiger partial charge in [-0.15, -0.1) is 0 Å². The molecule has 0 aromatic carbocycles. The van der Waals surface area contributed by atoms with E-state index in [9.17, 15) is 5.11 Å². The quantitative estimate of drug-likeness (QED) is 0.539. The van der Waals surface area contributed by atoms with Gasteiger partial charge in [0.1, 0.15) is 0 Å². The van der Waals surface area contributed by atoms with Gasteiger partial charge in [-0.2, -0.15) is 0 Å². The third-order valence-electron chi connectivity index (χ3n) is 10.5. The van der Waals surface area contributed by atoms with Crippen LogP contribution in [0.1, 0.15) is 81.6 Å². The fourth-order valence-electron chi connectivity index (χ4n) is 8.88. The normalized spacial score (nSPS) is 57.1. The summed E-state index contributed by atoms with van der Waals surface area (Å²) >= 11 is 0. The third kappa shape index (κ3) is 2.21. The SMILES string of the molecule is CC1=C2C(C)C[C@@]3(C)C(C(C)[C@](O)(CC1C)C2(C)C)[C@]1(C)CO[C@@H]1C[C@@H]3C. The summed E-state index contributed by atoms with van der Waals surface area (Å²) in [5.74, 6) is 2.41. The molecule has 0 spiro atoms. The van der Waals surface area contributed by atoms with E-state index >= 15 is 0 Å². The first-order valence-electron chi connectivity index (χ1n) is 11.4. The van der Waals surface area contributed by atoms with Crippen LogP contribution in [0, 0.1) is 45.8 Å². The number of aliphatic hydroxyl groups is 1. The van der Waals surface area contributed by atoms with Crippen LogP contribution in [0.25, 0.3) is 0 Å². The number of fused-ring (bicyclic) bond motifs is 5. The van der Waals surface area contributed by atoms with E-state index in [4.69, 9.17) is 4.74 Å². The lowest BCUT2D eigenvalue weighted by Gasteiger charge is -2.70. The van der Waals surface area contributed by atoms with Crippen LogP contribution in [0.15, 0.2) is 11.1 Å². The first-order valence-corrected chi connectivity index (χ1v) is 11.4. The van der Waals surface area contributed by atoms with Gasteiger partial charge in [0.2, 0.25) is 0 Å². The van der Waals surface area contributed by atoms with Gasteiger partial charge in [0, 0.05) is 10.8 Å². The van der Waals surface area contributed by atoms with E-state index in [-0.39, 0.29) is 22.2 Å². The molecule has 2 nitrogen and oxygen atoms in total. The van der Waals surface area contributed by atoms with Gasteiger partial charge in [0.25, 0.3) is 0 Å². The average Bonchev–Trinajstić information content (AvgIpc) is 2.54. The maximum absolute atomic E-state index is 12.4. The van der Waals surface area contributed by atoms with E-state index in [1.165, 1.54) is 12.8 Å². The summed E-state index contributed by atoms with van der Waals surface area (Å²) in [6.07, 6.45) is 3.70. The highest BCUT2D eigenvalue weighted by Gasteiger charge is 2.68. The Bertz CT molecular complexity index is 678. The fourth-order valence-corrected chi connectivity index (χ4v) is 8.88. The number of allylic oxidation sites excluding steroid dienone is 1. The monoisotopic (exact) mass is 374 g/mol. The molecule has 1 aliphatic heterocycles. The topological polar surface area (TPSA) is 29.5 Å². The highest BCUT2D eigenvalue weighted by molar-refractivity contribution is 5.34. The number of rotatable bonds is 0. The van der Waals surface area contributed by atoms with E-state index in [1.54, 1.807) is 11.1 Å². The van der Waals surface area contributed by atoms with Crippen LogP contribution in [-0.4, -0.2) is 23.4 Å². The Morgan fingerprint density at radius 2 is 1.56 bits per heavy atom. The van der Waals surface area contributed by atoms with E-state index in [0.29, 0.717) is 29.8 Å². The largest absolute Gasteiger partial charge is 0.389 e. The summed E-state index contributed by atoms with van der Waals surface area (Å²) in [6, 6.07) is 0. The highest BCUT2D eigenvalue weighted by atomic mass is 16.5. The van der Waals surface area contributed by atoms with Gasteiger partial charge in [-0.25, -0.2) is 0 Å². The van der Waals surface area contributed by atoms with Gasteiger partial charge in [0.05, 0.1) is 18.3 Å². The molecule has 0 aromatic heterocycles. The summed E-state index contributed by atoms with van der Waals surface area (Å²) < 4.78 is 6.09. The van der Waals surface area contributed by atoms with Gasteiger partial charge in [-0.3, -0.25) is 0 Å². The summed E-state index contributed by atoms with van der Waals surface area (Å²) in [6.45, 7) is 22.5. The molecule has 2 bridgehead atoms. The second-order valence-electron chi connectivity index (χ2n) is 12.1. The molecule has 1 heterocycles. The standard InChI is InChI=1S/C25H42O2/c1-14-12-25(26)18(5)21-23(8,16(3)10-19-24(21,9)13-27-19)11-15(2)20(17(14)4)22(25,6)7/h14-16,18-19,21,26H,10-13H2,1-9H3/t14?,15?,16-,18?,19+,21?,23+,24+,25+/m0/s1. The van der Waals surface area contributed by atoms with Crippen LogP contribution in [-0.2, 0) is 4.74 Å². The zero-order chi connectivity index (χ0) is 20.2. The van der Waals surface area contributed by atoms with Crippen LogP contribution in [0.4, 0.5) is 0 Å². The van der Waals surface area contributed by atoms with Gasteiger partial charge >= 0.3 is 0 Å². The van der Waals surface area contributed by atoms with Gasteiger partial charge in [0.15, 0.2) is 0 Å². The minimum atomic E-state index is -0.651. The average molecular weight is 375 g/mol. The van der Waals surface area contributed by atoms with Crippen molar-refractivity contribution in [3.8, 4) is 0 Å². The molecule has 0 radical (unpaired) electrons. The van der Waals surface area contributed by atoms with E-state index in [1.807, 2.05) is 0 Å². The summed E-state index contributed by atoms with van der Waals surface area (Å²) in [4.78, 5) is 0. The van der Waals surface area contributed by atoms with Gasteiger partial charge < -0.3 is 9.84 Å². The van der Waals surface area contributed by atoms with Crippen LogP contribution in [0.3, 0.4) is 0 Å². The Morgan fingerprint density at radius 1 is 0.926 bits per heavy atom. The molecule has 154 valence electrons. The van der Waals surface area contributed by atoms with Gasteiger partial charge in [-0.1, -0.05) is 66.5 Å². The molecule has 1 N–H and O–H groups in total. The molecule has 2 saturated carbocycles. The highest BCUT2D eigenvalue weighted by Crippen LogP contribution is 2.69. The molecule has 4 rings (SSSR count).